The summed E-state index contributed by atoms with van der Waals surface area (Å²) in [5, 5.41) is 0. The lowest BCUT2D eigenvalue weighted by Gasteiger charge is -2.20. The molecule has 1 aliphatic heterocycles. The predicted octanol–water partition coefficient (Wildman–Crippen LogP) is 3.04. The van der Waals surface area contributed by atoms with E-state index in [1.165, 1.54) is 4.90 Å². The number of hydrogen-bond donors (Lipinski definition) is 0. The van der Waals surface area contributed by atoms with Crippen LogP contribution in [0.3, 0.4) is 0 Å². The summed E-state index contributed by atoms with van der Waals surface area (Å²) in [4.78, 5) is 24.9. The minimum Gasteiger partial charge on any atom is -0.483 e. The van der Waals surface area contributed by atoms with Gasteiger partial charge in [0.15, 0.2) is 0 Å². The van der Waals surface area contributed by atoms with Gasteiger partial charge >= 0.3 is 0 Å². The summed E-state index contributed by atoms with van der Waals surface area (Å²) in [6.07, 6.45) is 0.211. The molecule has 1 aliphatic rings. The predicted molar refractivity (Wildman–Crippen MR) is 82.8 cm³/mol. The van der Waals surface area contributed by atoms with Crippen molar-refractivity contribution in [2.75, 3.05) is 6.54 Å². The summed E-state index contributed by atoms with van der Waals surface area (Å²) >= 11 is 0. The summed E-state index contributed by atoms with van der Waals surface area (Å²) in [5.41, 5.74) is 3.48. The van der Waals surface area contributed by atoms with Crippen LogP contribution in [0, 0.1) is 13.8 Å². The molecule has 0 fully saturated rings. The molecule has 112 valence electrons. The number of nitrogens with zero attached hydrogens (tertiary/aromatic N) is 1. The van der Waals surface area contributed by atoms with E-state index in [0.29, 0.717) is 17.7 Å². The molecule has 1 unspecified atom stereocenters. The molecule has 2 aromatic carbocycles. The topological polar surface area (TPSA) is 46.6 Å². The van der Waals surface area contributed by atoms with Crippen molar-refractivity contribution in [3.63, 3.8) is 0 Å². The van der Waals surface area contributed by atoms with Gasteiger partial charge in [0.1, 0.15) is 11.9 Å². The SMILES string of the molecule is Cc1ccc(C2CN(C=O)C(=O)c3cc(C)ccc3O2)cc1. The van der Waals surface area contributed by atoms with Crippen LogP contribution in [0.4, 0.5) is 0 Å². The van der Waals surface area contributed by atoms with Crippen LogP contribution < -0.4 is 4.74 Å². The zero-order valence-electron chi connectivity index (χ0n) is 12.6. The highest BCUT2D eigenvalue weighted by Crippen LogP contribution is 2.31. The maximum Gasteiger partial charge on any atom is 0.264 e. The zero-order valence-corrected chi connectivity index (χ0v) is 12.6. The van der Waals surface area contributed by atoms with Gasteiger partial charge in [0.05, 0.1) is 12.1 Å². The molecule has 4 heteroatoms. The Balaban J connectivity index is 2.04. The standard InChI is InChI=1S/C18H17NO3/c1-12-3-6-14(7-4-12)17-10-19(11-20)18(21)15-9-13(2)5-8-16(15)22-17/h3-9,11,17H,10H2,1-2H3. The number of hydrogen-bond acceptors (Lipinski definition) is 3. The first-order valence-electron chi connectivity index (χ1n) is 7.18. The molecule has 0 N–H and O–H groups in total. The molecule has 0 bridgehead atoms. The van der Waals surface area contributed by atoms with E-state index >= 15 is 0 Å². The third kappa shape index (κ3) is 2.60. The molecular formula is C18H17NO3. The first kappa shape index (κ1) is 14.3. The molecule has 0 aromatic heterocycles. The van der Waals surface area contributed by atoms with E-state index in [2.05, 4.69) is 0 Å². The van der Waals surface area contributed by atoms with Crippen LogP contribution in [0.5, 0.6) is 5.75 Å². The Hall–Kier alpha value is -2.62. The first-order valence-corrected chi connectivity index (χ1v) is 7.18. The quantitative estimate of drug-likeness (QED) is 0.800. The normalized spacial score (nSPS) is 17.5. The smallest absolute Gasteiger partial charge is 0.264 e. The van der Waals surface area contributed by atoms with Gasteiger partial charge in [-0.05, 0) is 31.5 Å². The Morgan fingerprint density at radius 3 is 2.45 bits per heavy atom. The van der Waals surface area contributed by atoms with Crippen molar-refractivity contribution < 1.29 is 14.3 Å². The van der Waals surface area contributed by atoms with E-state index in [1.807, 2.05) is 44.2 Å². The van der Waals surface area contributed by atoms with Gasteiger partial charge in [-0.2, -0.15) is 0 Å². The van der Waals surface area contributed by atoms with E-state index in [1.54, 1.807) is 12.1 Å². The average Bonchev–Trinajstić information content (AvgIpc) is 2.65. The molecule has 3 rings (SSSR count). The Bertz CT molecular complexity index is 722. The van der Waals surface area contributed by atoms with Crippen LogP contribution in [0.1, 0.15) is 33.2 Å². The summed E-state index contributed by atoms with van der Waals surface area (Å²) in [6, 6.07) is 13.4. The van der Waals surface area contributed by atoms with Gasteiger partial charge in [0.2, 0.25) is 6.41 Å². The fourth-order valence-electron chi connectivity index (χ4n) is 2.57. The lowest BCUT2D eigenvalue weighted by atomic mass is 10.1. The molecule has 0 radical (unpaired) electrons. The fourth-order valence-corrected chi connectivity index (χ4v) is 2.57. The average molecular weight is 295 g/mol. The Kier molecular flexibility index (Phi) is 3.67. The van der Waals surface area contributed by atoms with Crippen molar-refractivity contribution in [2.45, 2.75) is 20.0 Å². The number of rotatable bonds is 2. The molecule has 0 spiro atoms. The Morgan fingerprint density at radius 2 is 1.77 bits per heavy atom. The Labute approximate surface area is 129 Å². The number of carbonyl (C=O) groups excluding carboxylic acids is 2. The van der Waals surface area contributed by atoms with E-state index in [9.17, 15) is 9.59 Å². The van der Waals surface area contributed by atoms with Crippen molar-refractivity contribution in [3.05, 3.63) is 64.7 Å². The molecular weight excluding hydrogens is 278 g/mol. The number of amides is 2. The maximum absolute atomic E-state index is 12.5. The molecule has 0 saturated heterocycles. The molecule has 1 atom stereocenters. The number of fused-ring (bicyclic) bond motifs is 1. The third-order valence-electron chi connectivity index (χ3n) is 3.83. The minimum atomic E-state index is -0.362. The fraction of sp³-hybridized carbons (Fsp3) is 0.222. The highest BCUT2D eigenvalue weighted by atomic mass is 16.5. The van der Waals surface area contributed by atoms with E-state index in [-0.39, 0.29) is 18.6 Å². The zero-order chi connectivity index (χ0) is 15.7. The third-order valence-corrected chi connectivity index (χ3v) is 3.83. The van der Waals surface area contributed by atoms with Crippen molar-refractivity contribution in [2.24, 2.45) is 0 Å². The largest absolute Gasteiger partial charge is 0.483 e. The van der Waals surface area contributed by atoms with Crippen LogP contribution in [-0.4, -0.2) is 23.8 Å². The number of ether oxygens (including phenoxy) is 1. The van der Waals surface area contributed by atoms with Gasteiger partial charge in [-0.1, -0.05) is 41.5 Å². The van der Waals surface area contributed by atoms with Crippen LogP contribution in [-0.2, 0) is 4.79 Å². The summed E-state index contributed by atoms with van der Waals surface area (Å²) in [7, 11) is 0. The maximum atomic E-state index is 12.5. The van der Waals surface area contributed by atoms with Gasteiger partial charge in [-0.3, -0.25) is 14.5 Å². The van der Waals surface area contributed by atoms with E-state index < -0.39 is 0 Å². The lowest BCUT2D eigenvalue weighted by molar-refractivity contribution is -0.116. The van der Waals surface area contributed by atoms with Crippen molar-refractivity contribution >= 4 is 12.3 Å². The van der Waals surface area contributed by atoms with E-state index in [0.717, 1.165) is 16.7 Å². The number of aryl methyl sites for hydroxylation is 2. The van der Waals surface area contributed by atoms with Gasteiger partial charge < -0.3 is 4.74 Å². The van der Waals surface area contributed by atoms with Crippen molar-refractivity contribution in [1.29, 1.82) is 0 Å². The second-order valence-electron chi connectivity index (χ2n) is 5.58. The molecule has 2 amide bonds. The number of carbonyl (C=O) groups is 2. The first-order chi connectivity index (χ1) is 10.6. The molecule has 2 aromatic rings. The minimum absolute atomic E-state index is 0.207. The van der Waals surface area contributed by atoms with Crippen LogP contribution >= 0.6 is 0 Å². The summed E-state index contributed by atoms with van der Waals surface area (Å²) in [5.74, 6) is 0.203. The molecule has 4 nitrogen and oxygen atoms in total. The van der Waals surface area contributed by atoms with Gasteiger partial charge in [-0.25, -0.2) is 0 Å². The number of imide groups is 1. The lowest BCUT2D eigenvalue weighted by Crippen LogP contribution is -2.32. The van der Waals surface area contributed by atoms with Gasteiger partial charge in [-0.15, -0.1) is 0 Å². The summed E-state index contributed by atoms with van der Waals surface area (Å²) in [6.45, 7) is 4.12. The Morgan fingerprint density at radius 1 is 1.09 bits per heavy atom. The van der Waals surface area contributed by atoms with Crippen molar-refractivity contribution in [1.82, 2.24) is 4.90 Å². The second-order valence-corrected chi connectivity index (χ2v) is 5.58. The van der Waals surface area contributed by atoms with Gasteiger partial charge in [0.25, 0.3) is 5.91 Å². The highest BCUT2D eigenvalue weighted by molar-refractivity contribution is 6.02. The number of benzene rings is 2. The monoisotopic (exact) mass is 295 g/mol. The van der Waals surface area contributed by atoms with Crippen LogP contribution in [0.25, 0.3) is 0 Å². The highest BCUT2D eigenvalue weighted by Gasteiger charge is 2.29. The second kappa shape index (κ2) is 5.64. The molecule has 1 heterocycles. The molecule has 0 aliphatic carbocycles. The van der Waals surface area contributed by atoms with Crippen molar-refractivity contribution in [3.8, 4) is 5.75 Å². The summed E-state index contributed by atoms with van der Waals surface area (Å²) < 4.78 is 6.02. The molecule has 22 heavy (non-hydrogen) atoms. The van der Waals surface area contributed by atoms with Crippen LogP contribution in [0.15, 0.2) is 42.5 Å². The van der Waals surface area contributed by atoms with E-state index in [4.69, 9.17) is 4.74 Å². The molecule has 0 saturated carbocycles. The van der Waals surface area contributed by atoms with Gasteiger partial charge in [0, 0.05) is 0 Å². The van der Waals surface area contributed by atoms with Crippen LogP contribution in [0.2, 0.25) is 0 Å².